The van der Waals surface area contributed by atoms with E-state index in [4.69, 9.17) is 4.42 Å². The summed E-state index contributed by atoms with van der Waals surface area (Å²) in [6.07, 6.45) is 1.34. The molecule has 2 aromatic heterocycles. The minimum Gasteiger partial charge on any atom is -0.408 e. The van der Waals surface area contributed by atoms with Crippen LogP contribution in [0, 0.1) is 13.8 Å². The van der Waals surface area contributed by atoms with E-state index in [2.05, 4.69) is 20.5 Å². The van der Waals surface area contributed by atoms with E-state index in [0.717, 1.165) is 0 Å². The number of aryl methyl sites for hydroxylation is 2. The van der Waals surface area contributed by atoms with Gasteiger partial charge >= 0.3 is 6.01 Å². The van der Waals surface area contributed by atoms with Gasteiger partial charge in [-0.05, 0) is 6.92 Å². The molecule has 0 aliphatic carbocycles. The number of pyridine rings is 1. The molecular formula is C10H10N4O3. The number of hydrogen-bond donors (Lipinski definition) is 2. The fraction of sp³-hybridized carbons (Fsp3) is 0.200. The summed E-state index contributed by atoms with van der Waals surface area (Å²) in [4.78, 5) is 26.0. The molecule has 2 N–H and O–H groups in total. The van der Waals surface area contributed by atoms with Crippen LogP contribution in [-0.4, -0.2) is 21.1 Å². The van der Waals surface area contributed by atoms with E-state index in [1.54, 1.807) is 13.8 Å². The fourth-order valence-electron chi connectivity index (χ4n) is 1.26. The maximum atomic E-state index is 11.7. The average molecular weight is 234 g/mol. The predicted molar refractivity (Wildman–Crippen MR) is 58.8 cm³/mol. The number of hydrogen-bond acceptors (Lipinski definition) is 5. The van der Waals surface area contributed by atoms with Gasteiger partial charge < -0.3 is 9.40 Å². The van der Waals surface area contributed by atoms with Crippen LogP contribution in [0.4, 0.5) is 6.01 Å². The molecule has 0 atom stereocenters. The molecule has 0 unspecified atom stereocenters. The van der Waals surface area contributed by atoms with E-state index in [1.165, 1.54) is 12.3 Å². The number of aromatic amines is 1. The van der Waals surface area contributed by atoms with E-state index in [-0.39, 0.29) is 17.0 Å². The molecule has 0 radical (unpaired) electrons. The molecule has 0 aromatic carbocycles. The summed E-state index contributed by atoms with van der Waals surface area (Å²) in [6.45, 7) is 3.33. The molecule has 0 bridgehead atoms. The molecule has 1 amide bonds. The minimum absolute atomic E-state index is 0.00791. The number of anilines is 1. The summed E-state index contributed by atoms with van der Waals surface area (Å²) in [6, 6.07) is 1.31. The second-order valence-corrected chi connectivity index (χ2v) is 3.47. The number of nitrogens with zero attached hydrogens (tertiary/aromatic N) is 2. The van der Waals surface area contributed by atoms with Gasteiger partial charge in [0.05, 0.1) is 0 Å². The summed E-state index contributed by atoms with van der Waals surface area (Å²) < 4.78 is 4.97. The third kappa shape index (κ3) is 2.39. The Kier molecular flexibility index (Phi) is 2.73. The standard InChI is InChI=1S/C10H10N4O3/c1-5-3-8(15)7(4-11-5)9(16)12-10-14-13-6(2)17-10/h3-4H,1-2H3,(H,11,15)(H,12,14,16). The number of H-pyrrole nitrogens is 1. The Morgan fingerprint density at radius 3 is 2.76 bits per heavy atom. The number of nitrogens with one attached hydrogen (secondary N) is 2. The number of aromatic nitrogens is 3. The molecule has 0 spiro atoms. The van der Waals surface area contributed by atoms with E-state index in [9.17, 15) is 9.59 Å². The summed E-state index contributed by atoms with van der Waals surface area (Å²) in [7, 11) is 0. The highest BCUT2D eigenvalue weighted by Gasteiger charge is 2.13. The Labute approximate surface area is 95.9 Å². The lowest BCUT2D eigenvalue weighted by atomic mass is 10.2. The molecule has 0 saturated carbocycles. The monoisotopic (exact) mass is 234 g/mol. The molecule has 2 rings (SSSR count). The molecule has 88 valence electrons. The fourth-order valence-corrected chi connectivity index (χ4v) is 1.26. The highest BCUT2D eigenvalue weighted by atomic mass is 16.4. The van der Waals surface area contributed by atoms with Crippen LogP contribution in [0.5, 0.6) is 0 Å². The zero-order chi connectivity index (χ0) is 12.4. The Bertz CT molecular complexity index is 614. The molecule has 2 aromatic rings. The Balaban J connectivity index is 2.23. The van der Waals surface area contributed by atoms with Gasteiger partial charge in [0.15, 0.2) is 5.43 Å². The Morgan fingerprint density at radius 1 is 1.41 bits per heavy atom. The maximum Gasteiger partial charge on any atom is 0.322 e. The minimum atomic E-state index is -0.588. The molecule has 0 aliphatic heterocycles. The largest absolute Gasteiger partial charge is 0.408 e. The molecule has 17 heavy (non-hydrogen) atoms. The van der Waals surface area contributed by atoms with Crippen molar-refractivity contribution in [1.82, 2.24) is 15.2 Å². The maximum absolute atomic E-state index is 11.7. The van der Waals surface area contributed by atoms with Crippen LogP contribution in [0.3, 0.4) is 0 Å². The first-order valence-electron chi connectivity index (χ1n) is 4.87. The summed E-state index contributed by atoms with van der Waals surface area (Å²) in [5, 5.41) is 9.49. The topological polar surface area (TPSA) is 101 Å². The quantitative estimate of drug-likeness (QED) is 0.793. The van der Waals surface area contributed by atoms with Crippen molar-refractivity contribution in [3.05, 3.63) is 39.6 Å². The summed E-state index contributed by atoms with van der Waals surface area (Å²) in [5.74, 6) is -0.256. The molecule has 7 nitrogen and oxygen atoms in total. The normalized spacial score (nSPS) is 10.2. The van der Waals surface area contributed by atoms with Gasteiger partial charge in [-0.3, -0.25) is 14.9 Å². The zero-order valence-corrected chi connectivity index (χ0v) is 9.27. The second kappa shape index (κ2) is 4.20. The lowest BCUT2D eigenvalue weighted by Crippen LogP contribution is -2.21. The van der Waals surface area contributed by atoms with Gasteiger partial charge in [-0.1, -0.05) is 5.10 Å². The zero-order valence-electron chi connectivity index (χ0n) is 9.27. The van der Waals surface area contributed by atoms with Crippen molar-refractivity contribution in [1.29, 1.82) is 0 Å². The molecule has 0 fully saturated rings. The first kappa shape index (κ1) is 11.1. The number of rotatable bonds is 2. The molecule has 0 aliphatic rings. The van der Waals surface area contributed by atoms with Crippen LogP contribution in [-0.2, 0) is 0 Å². The van der Waals surface area contributed by atoms with Crippen LogP contribution in [0.25, 0.3) is 0 Å². The van der Waals surface area contributed by atoms with E-state index in [1.807, 2.05) is 0 Å². The third-order valence-electron chi connectivity index (χ3n) is 2.05. The molecule has 0 saturated heterocycles. The number of carbonyl (C=O) groups excluding carboxylic acids is 1. The average Bonchev–Trinajstić information content (AvgIpc) is 2.63. The Morgan fingerprint density at radius 2 is 2.18 bits per heavy atom. The smallest absolute Gasteiger partial charge is 0.322 e. The van der Waals surface area contributed by atoms with Crippen molar-refractivity contribution in [3.8, 4) is 0 Å². The van der Waals surface area contributed by atoms with Gasteiger partial charge in [-0.15, -0.1) is 5.10 Å². The van der Waals surface area contributed by atoms with Crippen LogP contribution >= 0.6 is 0 Å². The van der Waals surface area contributed by atoms with Crippen molar-refractivity contribution in [2.24, 2.45) is 0 Å². The van der Waals surface area contributed by atoms with Crippen molar-refractivity contribution >= 4 is 11.9 Å². The Hall–Kier alpha value is -2.44. The van der Waals surface area contributed by atoms with Gasteiger partial charge in [-0.25, -0.2) is 0 Å². The van der Waals surface area contributed by atoms with Crippen LogP contribution in [0.15, 0.2) is 21.5 Å². The van der Waals surface area contributed by atoms with Gasteiger partial charge in [0.1, 0.15) is 5.56 Å². The van der Waals surface area contributed by atoms with Crippen molar-refractivity contribution in [2.45, 2.75) is 13.8 Å². The van der Waals surface area contributed by atoms with Gasteiger partial charge in [0.25, 0.3) is 5.91 Å². The van der Waals surface area contributed by atoms with Crippen LogP contribution in [0.1, 0.15) is 21.9 Å². The second-order valence-electron chi connectivity index (χ2n) is 3.47. The van der Waals surface area contributed by atoms with E-state index >= 15 is 0 Å². The SMILES string of the molecule is Cc1cc(=O)c(C(=O)Nc2nnc(C)o2)c[nH]1. The van der Waals surface area contributed by atoms with Crippen LogP contribution in [0.2, 0.25) is 0 Å². The third-order valence-corrected chi connectivity index (χ3v) is 2.05. The number of carbonyl (C=O) groups is 1. The summed E-state index contributed by atoms with van der Waals surface area (Å²) >= 11 is 0. The van der Waals surface area contributed by atoms with Gasteiger partial charge in [-0.2, -0.15) is 0 Å². The van der Waals surface area contributed by atoms with Crippen molar-refractivity contribution < 1.29 is 9.21 Å². The summed E-state index contributed by atoms with van der Waals surface area (Å²) in [5.41, 5.74) is 0.307. The van der Waals surface area contributed by atoms with Gasteiger partial charge in [0, 0.05) is 24.9 Å². The first-order valence-corrected chi connectivity index (χ1v) is 4.87. The van der Waals surface area contributed by atoms with Crippen molar-refractivity contribution in [3.63, 3.8) is 0 Å². The molecular weight excluding hydrogens is 224 g/mol. The van der Waals surface area contributed by atoms with Crippen molar-refractivity contribution in [2.75, 3.05) is 5.32 Å². The van der Waals surface area contributed by atoms with E-state index in [0.29, 0.717) is 11.6 Å². The molecule has 7 heteroatoms. The first-order chi connectivity index (χ1) is 8.06. The lowest BCUT2D eigenvalue weighted by molar-refractivity contribution is 0.102. The van der Waals surface area contributed by atoms with Crippen LogP contribution < -0.4 is 10.7 Å². The predicted octanol–water partition coefficient (Wildman–Crippen LogP) is 0.627. The highest BCUT2D eigenvalue weighted by molar-refractivity contribution is 6.02. The van der Waals surface area contributed by atoms with Gasteiger partial charge in [0.2, 0.25) is 5.89 Å². The molecule has 2 heterocycles. The number of amides is 1. The highest BCUT2D eigenvalue weighted by Crippen LogP contribution is 2.05. The van der Waals surface area contributed by atoms with E-state index < -0.39 is 5.91 Å². The lowest BCUT2D eigenvalue weighted by Gasteiger charge is -2.00.